The van der Waals surface area contributed by atoms with E-state index in [4.69, 9.17) is 0 Å². The van der Waals surface area contributed by atoms with E-state index < -0.39 is 0 Å². The molecular weight excluding hydrogens is 250 g/mol. The van der Waals surface area contributed by atoms with Crippen LogP contribution >= 0.6 is 0 Å². The Morgan fingerprint density at radius 2 is 1.25 bits per heavy atom. The molecule has 0 aliphatic heterocycles. The molecule has 3 heteroatoms. The number of nitrogens with one attached hydrogen (secondary N) is 1. The summed E-state index contributed by atoms with van der Waals surface area (Å²) >= 11 is 0. The zero-order valence-corrected chi connectivity index (χ0v) is 13.4. The van der Waals surface area contributed by atoms with Crippen LogP contribution in [0.1, 0.15) is 54.0 Å². The highest BCUT2D eigenvalue weighted by Crippen LogP contribution is 2.30. The van der Waals surface area contributed by atoms with Crippen molar-refractivity contribution in [2.75, 3.05) is 5.32 Å². The molecule has 110 valence electrons. The van der Waals surface area contributed by atoms with Crippen molar-refractivity contribution in [3.8, 4) is 0 Å². The molecule has 0 unspecified atom stereocenters. The predicted molar refractivity (Wildman–Crippen MR) is 83.3 cm³/mol. The molecule has 0 aromatic heterocycles. The highest BCUT2D eigenvalue weighted by molar-refractivity contribution is 5.95. The summed E-state index contributed by atoms with van der Waals surface area (Å²) in [5.41, 5.74) is 6.83. The summed E-state index contributed by atoms with van der Waals surface area (Å²) in [6.45, 7) is 12.1. The van der Waals surface area contributed by atoms with E-state index in [1.54, 1.807) is 0 Å². The fourth-order valence-corrected chi connectivity index (χ4v) is 2.32. The third-order valence-electron chi connectivity index (χ3n) is 4.29. The van der Waals surface area contributed by atoms with Crippen molar-refractivity contribution >= 4 is 17.4 Å². The minimum atomic E-state index is -0.0827. The maximum absolute atomic E-state index is 12.0. The first-order valence-electron chi connectivity index (χ1n) is 7.18. The molecule has 0 radical (unpaired) electrons. The largest absolute Gasteiger partial charge is 0.326 e. The molecular formula is C17H25NO2. The van der Waals surface area contributed by atoms with E-state index in [1.165, 1.54) is 16.7 Å². The number of carbonyl (C=O) groups is 2. The lowest BCUT2D eigenvalue weighted by atomic mass is 9.93. The Hall–Kier alpha value is -1.64. The highest BCUT2D eigenvalue weighted by atomic mass is 16.2. The van der Waals surface area contributed by atoms with Gasteiger partial charge in [-0.05, 0) is 62.4 Å². The predicted octanol–water partition coefficient (Wildman–Crippen LogP) is 3.93. The van der Waals surface area contributed by atoms with Crippen LogP contribution in [0, 0.1) is 34.6 Å². The van der Waals surface area contributed by atoms with Gasteiger partial charge in [-0.3, -0.25) is 9.59 Å². The molecule has 1 aromatic rings. The van der Waals surface area contributed by atoms with Gasteiger partial charge in [-0.1, -0.05) is 6.92 Å². The van der Waals surface area contributed by atoms with E-state index >= 15 is 0 Å². The van der Waals surface area contributed by atoms with Crippen molar-refractivity contribution in [1.29, 1.82) is 0 Å². The molecule has 0 bridgehead atoms. The van der Waals surface area contributed by atoms with Gasteiger partial charge >= 0.3 is 0 Å². The monoisotopic (exact) mass is 275 g/mol. The summed E-state index contributed by atoms with van der Waals surface area (Å²) in [6, 6.07) is 0. The van der Waals surface area contributed by atoms with Crippen LogP contribution in [0.2, 0.25) is 0 Å². The molecule has 0 fully saturated rings. The van der Waals surface area contributed by atoms with Crippen molar-refractivity contribution in [1.82, 2.24) is 0 Å². The van der Waals surface area contributed by atoms with Crippen molar-refractivity contribution in [2.45, 2.75) is 60.8 Å². The number of carbonyl (C=O) groups excluding carboxylic acids is 2. The minimum absolute atomic E-state index is 0.0827. The molecule has 1 aromatic carbocycles. The number of amides is 1. The van der Waals surface area contributed by atoms with Crippen LogP contribution in [-0.2, 0) is 9.59 Å². The summed E-state index contributed by atoms with van der Waals surface area (Å²) in [5, 5.41) is 2.98. The molecule has 1 N–H and O–H groups in total. The number of ketones is 1. The quantitative estimate of drug-likeness (QED) is 0.885. The summed E-state index contributed by atoms with van der Waals surface area (Å²) in [5.74, 6) is 0.0468. The maximum atomic E-state index is 12.0. The normalized spacial score (nSPS) is 10.5. The fraction of sp³-hybridized carbons (Fsp3) is 0.529. The first kappa shape index (κ1) is 16.4. The zero-order chi connectivity index (χ0) is 15.4. The maximum Gasteiger partial charge on any atom is 0.224 e. The summed E-state index contributed by atoms with van der Waals surface area (Å²) in [7, 11) is 0. The molecule has 1 amide bonds. The van der Waals surface area contributed by atoms with Gasteiger partial charge in [-0.15, -0.1) is 0 Å². The summed E-state index contributed by atoms with van der Waals surface area (Å²) < 4.78 is 0. The number of Topliss-reactive ketones (excluding diaryl/α,β-unsaturated/α-hetero) is 1. The molecule has 0 spiro atoms. The van der Waals surface area contributed by atoms with Crippen LogP contribution in [-0.4, -0.2) is 11.7 Å². The lowest BCUT2D eigenvalue weighted by Crippen LogP contribution is -2.16. The molecule has 0 atom stereocenters. The van der Waals surface area contributed by atoms with Crippen LogP contribution in [0.25, 0.3) is 0 Å². The van der Waals surface area contributed by atoms with Crippen molar-refractivity contribution in [2.24, 2.45) is 0 Å². The number of anilines is 1. The van der Waals surface area contributed by atoms with Gasteiger partial charge in [0.1, 0.15) is 5.78 Å². The van der Waals surface area contributed by atoms with Crippen LogP contribution in [0.5, 0.6) is 0 Å². The second kappa shape index (κ2) is 6.69. The standard InChI is InChI=1S/C17H25NO2/c1-7-15(19)8-9-16(20)18-17-13(5)11(3)10(2)12(4)14(17)6/h7-9H2,1-6H3,(H,18,20). The second-order valence-electron chi connectivity index (χ2n) is 5.44. The zero-order valence-electron chi connectivity index (χ0n) is 13.4. The van der Waals surface area contributed by atoms with Gasteiger partial charge in [0.2, 0.25) is 5.91 Å². The number of hydrogen-bond acceptors (Lipinski definition) is 2. The van der Waals surface area contributed by atoms with E-state index in [0.29, 0.717) is 12.8 Å². The summed E-state index contributed by atoms with van der Waals surface area (Å²) in [6.07, 6.45) is 1.08. The average molecular weight is 275 g/mol. The Labute approximate surface area is 121 Å². The van der Waals surface area contributed by atoms with E-state index in [0.717, 1.165) is 16.8 Å². The fourth-order valence-electron chi connectivity index (χ4n) is 2.32. The van der Waals surface area contributed by atoms with Gasteiger partial charge in [-0.2, -0.15) is 0 Å². The number of benzene rings is 1. The molecule has 0 aliphatic carbocycles. The van der Waals surface area contributed by atoms with Gasteiger partial charge in [0, 0.05) is 24.9 Å². The van der Waals surface area contributed by atoms with Gasteiger partial charge in [-0.25, -0.2) is 0 Å². The SMILES string of the molecule is CCC(=O)CCC(=O)Nc1c(C)c(C)c(C)c(C)c1C. The minimum Gasteiger partial charge on any atom is -0.326 e. The lowest BCUT2D eigenvalue weighted by Gasteiger charge is -2.19. The molecule has 1 rings (SSSR count). The van der Waals surface area contributed by atoms with Crippen molar-refractivity contribution in [3.05, 3.63) is 27.8 Å². The second-order valence-corrected chi connectivity index (χ2v) is 5.44. The Bertz CT molecular complexity index is 515. The lowest BCUT2D eigenvalue weighted by molar-refractivity contribution is -0.122. The van der Waals surface area contributed by atoms with Crippen molar-refractivity contribution in [3.63, 3.8) is 0 Å². The Kier molecular flexibility index (Phi) is 5.49. The van der Waals surface area contributed by atoms with Crippen LogP contribution < -0.4 is 5.32 Å². The van der Waals surface area contributed by atoms with E-state index in [1.807, 2.05) is 20.8 Å². The Morgan fingerprint density at radius 3 is 1.70 bits per heavy atom. The van der Waals surface area contributed by atoms with Gasteiger partial charge < -0.3 is 5.32 Å². The molecule has 0 heterocycles. The Morgan fingerprint density at radius 1 is 0.800 bits per heavy atom. The van der Waals surface area contributed by atoms with E-state index in [9.17, 15) is 9.59 Å². The molecule has 20 heavy (non-hydrogen) atoms. The van der Waals surface area contributed by atoms with E-state index in [2.05, 4.69) is 26.1 Å². The van der Waals surface area contributed by atoms with Crippen LogP contribution in [0.3, 0.4) is 0 Å². The third kappa shape index (κ3) is 3.47. The number of hydrogen-bond donors (Lipinski definition) is 1. The van der Waals surface area contributed by atoms with E-state index in [-0.39, 0.29) is 18.1 Å². The topological polar surface area (TPSA) is 46.2 Å². The third-order valence-corrected chi connectivity index (χ3v) is 4.29. The number of rotatable bonds is 5. The molecule has 3 nitrogen and oxygen atoms in total. The first-order valence-corrected chi connectivity index (χ1v) is 7.18. The smallest absolute Gasteiger partial charge is 0.224 e. The first-order chi connectivity index (χ1) is 9.29. The van der Waals surface area contributed by atoms with Gasteiger partial charge in [0.05, 0.1) is 0 Å². The highest BCUT2D eigenvalue weighted by Gasteiger charge is 2.14. The molecule has 0 saturated heterocycles. The average Bonchev–Trinajstić information content (AvgIpc) is 2.44. The summed E-state index contributed by atoms with van der Waals surface area (Å²) in [4.78, 5) is 23.3. The van der Waals surface area contributed by atoms with Crippen molar-refractivity contribution < 1.29 is 9.59 Å². The van der Waals surface area contributed by atoms with Crippen LogP contribution in [0.4, 0.5) is 5.69 Å². The Balaban J connectivity index is 2.93. The molecule has 0 saturated carbocycles. The van der Waals surface area contributed by atoms with Crippen LogP contribution in [0.15, 0.2) is 0 Å². The van der Waals surface area contributed by atoms with Gasteiger partial charge in [0.15, 0.2) is 0 Å². The molecule has 0 aliphatic rings. The van der Waals surface area contributed by atoms with Gasteiger partial charge in [0.25, 0.3) is 0 Å².